The van der Waals surface area contributed by atoms with Gasteiger partial charge in [0.15, 0.2) is 23.1 Å². The van der Waals surface area contributed by atoms with E-state index in [2.05, 4.69) is 66.0 Å². The maximum Gasteiger partial charge on any atom is 0.167 e. The first kappa shape index (κ1) is 55.9. The van der Waals surface area contributed by atoms with E-state index in [-0.39, 0.29) is 0 Å². The minimum atomic E-state index is -1.08. The van der Waals surface area contributed by atoms with Crippen LogP contribution in [-0.4, -0.2) is 75.7 Å². The zero-order valence-corrected chi connectivity index (χ0v) is 45.4. The number of unbranched alkanes of at least 4 members (excludes halogenated alkanes) is 10. The number of aromatic nitrogens is 4. The number of hydrogen-bond acceptors (Lipinski definition) is 9. The zero-order valence-electron chi connectivity index (χ0n) is 43.4. The Hall–Kier alpha value is -3.65. The van der Waals surface area contributed by atoms with Crippen LogP contribution in [0.25, 0.3) is 22.8 Å². The highest BCUT2D eigenvalue weighted by Gasteiger charge is 2.21. The Morgan fingerprint density at radius 2 is 0.806 bits per heavy atom. The Kier molecular flexibility index (Phi) is 26.9. The van der Waals surface area contributed by atoms with Gasteiger partial charge in [0.1, 0.15) is 11.5 Å². The molecule has 2 aromatic heterocycles. The van der Waals surface area contributed by atoms with Crippen molar-refractivity contribution in [2.75, 3.05) is 39.6 Å². The van der Waals surface area contributed by atoms with Crippen molar-refractivity contribution in [3.05, 3.63) is 72.3 Å². The standard InChI is InChI=1S/C56H90N4O5Si2/c1-9-13-37-61-39-25-27-41-63-51-35-23-21-31-47(51)55-57-45-53(49(59-55)33-19-15-17-29-43-66(5,6)11-3)65-54-46-58-56(60-50(54)34-20-16-18-30-44-67(7,8)12-4)48-32-22-24-36-52(48)64-42-28-26-40-62-38-14-10-2/h21-24,31-32,35-36,45-46H,9-20,25-30,33-34,37-44H2,1-8H3. The van der Waals surface area contributed by atoms with Crippen LogP contribution in [0, 0.1) is 0 Å². The fourth-order valence-corrected chi connectivity index (χ4v) is 10.9. The molecule has 372 valence electrons. The molecule has 0 saturated heterocycles. The van der Waals surface area contributed by atoms with Crippen LogP contribution < -0.4 is 14.2 Å². The second-order valence-corrected chi connectivity index (χ2v) is 31.1. The third-order valence-corrected chi connectivity index (χ3v) is 20.5. The van der Waals surface area contributed by atoms with Crippen LogP contribution in [0.1, 0.15) is 142 Å². The van der Waals surface area contributed by atoms with Gasteiger partial charge in [0.25, 0.3) is 0 Å². The van der Waals surface area contributed by atoms with Gasteiger partial charge in [0.05, 0.1) is 48.1 Å². The molecule has 0 N–H and O–H groups in total. The molecule has 9 nitrogen and oxygen atoms in total. The number of benzene rings is 2. The van der Waals surface area contributed by atoms with Gasteiger partial charge in [-0.3, -0.25) is 0 Å². The van der Waals surface area contributed by atoms with E-state index >= 15 is 0 Å². The minimum absolute atomic E-state index is 0.613. The van der Waals surface area contributed by atoms with Gasteiger partial charge >= 0.3 is 0 Å². The number of ether oxygens (including phenoxy) is 5. The number of hydrogen-bond donors (Lipinski definition) is 0. The first-order chi connectivity index (χ1) is 32.6. The zero-order chi connectivity index (χ0) is 48.0. The van der Waals surface area contributed by atoms with Gasteiger partial charge in [-0.05, 0) is 88.5 Å². The molecule has 2 aromatic carbocycles. The van der Waals surface area contributed by atoms with E-state index in [0.717, 1.165) is 150 Å². The molecule has 0 unspecified atom stereocenters. The summed E-state index contributed by atoms with van der Waals surface area (Å²) >= 11 is 0. The monoisotopic (exact) mass is 955 g/mol. The summed E-state index contributed by atoms with van der Waals surface area (Å²) in [5.41, 5.74) is 3.58. The van der Waals surface area contributed by atoms with E-state index in [4.69, 9.17) is 43.6 Å². The molecule has 0 aliphatic heterocycles. The largest absolute Gasteiger partial charge is 0.493 e. The van der Waals surface area contributed by atoms with Crippen molar-refractivity contribution in [2.45, 2.75) is 194 Å². The predicted octanol–water partition coefficient (Wildman–Crippen LogP) is 16.0. The number of nitrogens with zero attached hydrogens (tertiary/aromatic N) is 4. The molecule has 0 spiro atoms. The molecule has 67 heavy (non-hydrogen) atoms. The van der Waals surface area contributed by atoms with E-state index < -0.39 is 16.1 Å². The summed E-state index contributed by atoms with van der Waals surface area (Å²) in [5, 5.41) is 0. The predicted molar refractivity (Wildman–Crippen MR) is 286 cm³/mol. The van der Waals surface area contributed by atoms with Gasteiger partial charge in [-0.15, -0.1) is 0 Å². The first-order valence-electron chi connectivity index (χ1n) is 26.6. The highest BCUT2D eigenvalue weighted by atomic mass is 28.3. The van der Waals surface area contributed by atoms with Gasteiger partial charge in [-0.2, -0.15) is 0 Å². The summed E-state index contributed by atoms with van der Waals surface area (Å²) in [4.78, 5) is 20.4. The van der Waals surface area contributed by atoms with Gasteiger partial charge in [0.2, 0.25) is 0 Å². The summed E-state index contributed by atoms with van der Waals surface area (Å²) in [6.07, 6.45) is 23.0. The van der Waals surface area contributed by atoms with Crippen molar-refractivity contribution >= 4 is 16.1 Å². The molecular formula is C56H90N4O5Si2. The van der Waals surface area contributed by atoms with Crippen LogP contribution >= 0.6 is 0 Å². The van der Waals surface area contributed by atoms with Crippen molar-refractivity contribution in [3.63, 3.8) is 0 Å². The van der Waals surface area contributed by atoms with E-state index in [1.54, 1.807) is 0 Å². The summed E-state index contributed by atoms with van der Waals surface area (Å²) in [5.74, 6) is 4.22. The molecule has 4 rings (SSSR count). The summed E-state index contributed by atoms with van der Waals surface area (Å²) in [6.45, 7) is 23.6. The van der Waals surface area contributed by atoms with E-state index in [0.29, 0.717) is 36.4 Å². The smallest absolute Gasteiger partial charge is 0.167 e. The normalized spacial score (nSPS) is 11.9. The van der Waals surface area contributed by atoms with E-state index in [1.165, 1.54) is 49.9 Å². The summed E-state index contributed by atoms with van der Waals surface area (Å²) in [7, 11) is -2.16. The van der Waals surface area contributed by atoms with E-state index in [1.807, 2.05) is 48.8 Å². The van der Waals surface area contributed by atoms with Gasteiger partial charge in [-0.25, -0.2) is 19.9 Å². The lowest BCUT2D eigenvalue weighted by Gasteiger charge is -2.19. The average molecular weight is 956 g/mol. The lowest BCUT2D eigenvalue weighted by atomic mass is 10.1. The van der Waals surface area contributed by atoms with Crippen LogP contribution in [-0.2, 0) is 22.3 Å². The third kappa shape index (κ3) is 21.7. The van der Waals surface area contributed by atoms with Crippen molar-refractivity contribution in [3.8, 4) is 45.8 Å². The first-order valence-corrected chi connectivity index (χ1v) is 33.4. The van der Waals surface area contributed by atoms with Crippen LogP contribution in [0.5, 0.6) is 23.0 Å². The number of para-hydroxylation sites is 2. The molecule has 11 heteroatoms. The Balaban J connectivity index is 1.58. The number of rotatable bonds is 38. The number of aryl methyl sites for hydroxylation is 2. The second-order valence-electron chi connectivity index (χ2n) is 20.0. The fraction of sp³-hybridized carbons (Fsp3) is 0.643. The second kappa shape index (κ2) is 32.2. The molecule has 0 amide bonds. The highest BCUT2D eigenvalue weighted by Crippen LogP contribution is 2.35. The topological polar surface area (TPSA) is 97.7 Å². The average Bonchev–Trinajstić information content (AvgIpc) is 3.34. The van der Waals surface area contributed by atoms with Crippen LogP contribution in [0.2, 0.25) is 50.4 Å². The third-order valence-electron chi connectivity index (χ3n) is 13.2. The van der Waals surface area contributed by atoms with Crippen LogP contribution in [0.3, 0.4) is 0 Å². The Labute approximate surface area is 409 Å². The highest BCUT2D eigenvalue weighted by molar-refractivity contribution is 6.77. The Morgan fingerprint density at radius 3 is 1.22 bits per heavy atom. The van der Waals surface area contributed by atoms with Crippen molar-refractivity contribution in [1.29, 1.82) is 0 Å². The Morgan fingerprint density at radius 1 is 0.418 bits per heavy atom. The van der Waals surface area contributed by atoms with Gasteiger partial charge in [-0.1, -0.05) is 154 Å². The van der Waals surface area contributed by atoms with Gasteiger partial charge < -0.3 is 23.7 Å². The minimum Gasteiger partial charge on any atom is -0.493 e. The molecule has 0 bridgehead atoms. The summed E-state index contributed by atoms with van der Waals surface area (Å²) < 4.78 is 31.2. The van der Waals surface area contributed by atoms with E-state index in [9.17, 15) is 0 Å². The molecule has 0 aliphatic carbocycles. The summed E-state index contributed by atoms with van der Waals surface area (Å²) in [6, 6.07) is 21.7. The molecule has 2 heterocycles. The van der Waals surface area contributed by atoms with Crippen molar-refractivity contribution in [1.82, 2.24) is 19.9 Å². The maximum atomic E-state index is 6.89. The van der Waals surface area contributed by atoms with Gasteiger partial charge in [0, 0.05) is 42.6 Å². The molecule has 0 aliphatic rings. The van der Waals surface area contributed by atoms with Crippen molar-refractivity contribution in [2.24, 2.45) is 0 Å². The SMILES string of the molecule is CCCCOCCCCOc1ccccc1-c1ncc(Oc2cnc(-c3ccccc3OCCCCOCCCC)nc2CCCCCC[Si](C)(C)CC)c(CCCCCC[Si](C)(C)CC)n1. The molecule has 0 atom stereocenters. The molecule has 0 fully saturated rings. The van der Waals surface area contributed by atoms with Crippen LogP contribution in [0.4, 0.5) is 0 Å². The fourth-order valence-electron chi connectivity index (χ4n) is 7.80. The molecular weight excluding hydrogens is 865 g/mol. The molecule has 4 aromatic rings. The van der Waals surface area contributed by atoms with Crippen molar-refractivity contribution < 1.29 is 23.7 Å². The lowest BCUT2D eigenvalue weighted by Crippen LogP contribution is -2.22. The molecule has 0 saturated carbocycles. The molecule has 0 radical (unpaired) electrons. The Bertz CT molecular complexity index is 1810. The maximum absolute atomic E-state index is 6.89. The van der Waals surface area contributed by atoms with Crippen LogP contribution in [0.15, 0.2) is 60.9 Å². The lowest BCUT2D eigenvalue weighted by molar-refractivity contribution is 0.123. The quantitative estimate of drug-likeness (QED) is 0.0321.